The summed E-state index contributed by atoms with van der Waals surface area (Å²) in [6, 6.07) is 0.932. The summed E-state index contributed by atoms with van der Waals surface area (Å²) in [4.78, 5) is 34.5. The highest BCUT2D eigenvalue weighted by atomic mass is 19.1. The molecule has 0 spiro atoms. The molecule has 120 valence electrons. The van der Waals surface area contributed by atoms with Gasteiger partial charge in [-0.3, -0.25) is 14.3 Å². The van der Waals surface area contributed by atoms with Crippen molar-refractivity contribution >= 4 is 22.8 Å². The van der Waals surface area contributed by atoms with Gasteiger partial charge in [-0.2, -0.15) is 0 Å². The molecule has 3 rings (SSSR count). The van der Waals surface area contributed by atoms with Gasteiger partial charge in [-0.05, 0) is 18.1 Å². The van der Waals surface area contributed by atoms with Gasteiger partial charge in [0, 0.05) is 25.4 Å². The van der Waals surface area contributed by atoms with Gasteiger partial charge in [-0.25, -0.2) is 9.18 Å². The lowest BCUT2D eigenvalue weighted by molar-refractivity contribution is -0.136. The third-order valence-electron chi connectivity index (χ3n) is 4.05. The van der Waals surface area contributed by atoms with E-state index >= 15 is 0 Å². The van der Waals surface area contributed by atoms with Crippen molar-refractivity contribution in [2.75, 3.05) is 18.6 Å². The number of hydrogen-bond acceptors (Lipinski definition) is 4. The Bertz CT molecular complexity index is 918. The van der Waals surface area contributed by atoms with Gasteiger partial charge in [0.25, 0.3) is 0 Å². The summed E-state index contributed by atoms with van der Waals surface area (Å²) < 4.78 is 15.8. The minimum atomic E-state index is -1.39. The van der Waals surface area contributed by atoms with Crippen LogP contribution in [0.4, 0.5) is 4.39 Å². The van der Waals surface area contributed by atoms with Gasteiger partial charge in [0.15, 0.2) is 0 Å². The molecule has 23 heavy (non-hydrogen) atoms. The SMILES string of the molecule is CN1CCc2c(CC(=O)O)c(F)cc3c(=O)c(C(=O)O)cn1c23. The number of aromatic nitrogens is 1. The Kier molecular flexibility index (Phi) is 3.32. The van der Waals surface area contributed by atoms with E-state index in [1.54, 1.807) is 12.1 Å². The molecule has 0 fully saturated rings. The molecule has 2 heterocycles. The molecule has 1 aliphatic rings. The van der Waals surface area contributed by atoms with E-state index in [9.17, 15) is 18.8 Å². The zero-order valence-electron chi connectivity index (χ0n) is 12.2. The average molecular weight is 320 g/mol. The van der Waals surface area contributed by atoms with Crippen LogP contribution >= 0.6 is 0 Å². The summed E-state index contributed by atoms with van der Waals surface area (Å²) in [6.07, 6.45) is 1.08. The monoisotopic (exact) mass is 320 g/mol. The van der Waals surface area contributed by atoms with Crippen LogP contribution in [-0.4, -0.2) is 40.4 Å². The van der Waals surface area contributed by atoms with Crippen molar-refractivity contribution in [3.8, 4) is 0 Å². The van der Waals surface area contributed by atoms with Crippen LogP contribution < -0.4 is 10.4 Å². The number of rotatable bonds is 3. The number of carboxylic acids is 2. The van der Waals surface area contributed by atoms with E-state index in [-0.39, 0.29) is 10.9 Å². The fraction of sp³-hybridized carbons (Fsp3) is 0.267. The van der Waals surface area contributed by atoms with Crippen LogP contribution in [0.1, 0.15) is 21.5 Å². The minimum absolute atomic E-state index is 0.0364. The summed E-state index contributed by atoms with van der Waals surface area (Å²) >= 11 is 0. The van der Waals surface area contributed by atoms with Gasteiger partial charge in [-0.15, -0.1) is 0 Å². The molecule has 2 aromatic rings. The second kappa shape index (κ2) is 5.08. The van der Waals surface area contributed by atoms with Crippen LogP contribution in [0.2, 0.25) is 0 Å². The Morgan fingerprint density at radius 1 is 1.35 bits per heavy atom. The highest BCUT2D eigenvalue weighted by Gasteiger charge is 2.26. The minimum Gasteiger partial charge on any atom is -0.481 e. The Morgan fingerprint density at radius 2 is 2.04 bits per heavy atom. The van der Waals surface area contributed by atoms with Crippen LogP contribution in [0.25, 0.3) is 10.9 Å². The molecule has 7 nitrogen and oxygen atoms in total. The van der Waals surface area contributed by atoms with Crippen molar-refractivity contribution in [3.63, 3.8) is 0 Å². The molecule has 1 aliphatic heterocycles. The molecule has 0 aliphatic carbocycles. The Hall–Kier alpha value is -2.90. The van der Waals surface area contributed by atoms with Gasteiger partial charge in [-0.1, -0.05) is 0 Å². The maximum atomic E-state index is 14.3. The molecule has 8 heteroatoms. The molecular formula is C15H13FN2O5. The first kappa shape index (κ1) is 15.0. The number of benzene rings is 1. The van der Waals surface area contributed by atoms with Crippen LogP contribution in [0, 0.1) is 5.82 Å². The van der Waals surface area contributed by atoms with Crippen LogP contribution in [-0.2, 0) is 17.6 Å². The van der Waals surface area contributed by atoms with Crippen LogP contribution in [0.5, 0.6) is 0 Å². The largest absolute Gasteiger partial charge is 0.481 e. The lowest BCUT2D eigenvalue weighted by atomic mass is 9.95. The van der Waals surface area contributed by atoms with Gasteiger partial charge in [0.1, 0.15) is 11.4 Å². The van der Waals surface area contributed by atoms with Crippen molar-refractivity contribution in [3.05, 3.63) is 45.0 Å². The van der Waals surface area contributed by atoms with Gasteiger partial charge in [0.2, 0.25) is 5.43 Å². The van der Waals surface area contributed by atoms with E-state index in [2.05, 4.69) is 0 Å². The summed E-state index contributed by atoms with van der Waals surface area (Å²) in [6.45, 7) is 0.445. The van der Waals surface area contributed by atoms with E-state index in [1.807, 2.05) is 0 Å². The maximum absolute atomic E-state index is 14.3. The van der Waals surface area contributed by atoms with Crippen LogP contribution in [0.3, 0.4) is 0 Å². The number of nitrogens with zero attached hydrogens (tertiary/aromatic N) is 2. The quantitative estimate of drug-likeness (QED) is 0.858. The topological polar surface area (TPSA) is 99.8 Å². The van der Waals surface area contributed by atoms with Crippen molar-refractivity contribution in [1.82, 2.24) is 4.68 Å². The first-order chi connectivity index (χ1) is 10.8. The lowest BCUT2D eigenvalue weighted by Crippen LogP contribution is -2.39. The number of aliphatic carboxylic acids is 1. The molecule has 2 N–H and O–H groups in total. The molecule has 1 aromatic carbocycles. The second-order valence-corrected chi connectivity index (χ2v) is 5.44. The Labute approximate surface area is 129 Å². The smallest absolute Gasteiger partial charge is 0.341 e. The number of likely N-dealkylation sites (N-methyl/N-ethyl adjacent to an activating group) is 1. The first-order valence-electron chi connectivity index (χ1n) is 6.87. The Morgan fingerprint density at radius 3 is 2.65 bits per heavy atom. The summed E-state index contributed by atoms with van der Waals surface area (Å²) in [5, 5.41) is 19.8. The normalized spacial score (nSPS) is 13.4. The van der Waals surface area contributed by atoms with Crippen LogP contribution in [0.15, 0.2) is 17.1 Å². The van der Waals surface area contributed by atoms with Crippen molar-refractivity contribution < 1.29 is 24.2 Å². The number of carbonyl (C=O) groups is 2. The summed E-state index contributed by atoms with van der Waals surface area (Å²) in [7, 11) is 1.71. The summed E-state index contributed by atoms with van der Waals surface area (Å²) in [5.74, 6) is -3.36. The Balaban J connectivity index is 2.47. The number of carboxylic acid groups (broad SMARTS) is 2. The van der Waals surface area contributed by atoms with E-state index in [4.69, 9.17) is 10.2 Å². The molecule has 1 aromatic heterocycles. The van der Waals surface area contributed by atoms with E-state index in [0.29, 0.717) is 24.0 Å². The predicted octanol–water partition coefficient (Wildman–Crippen LogP) is 0.590. The number of halogens is 1. The van der Waals surface area contributed by atoms with Gasteiger partial charge in [0.05, 0.1) is 17.3 Å². The standard InChI is InChI=1S/C15H13FN2O5/c1-17-3-2-7-8(5-12(19)20)11(16)4-9-13(7)18(17)6-10(14(9)21)15(22)23/h4,6H,2-3,5H2,1H3,(H,19,20)(H,22,23). The fourth-order valence-electron chi connectivity index (χ4n) is 2.97. The summed E-state index contributed by atoms with van der Waals surface area (Å²) in [5.41, 5.74) is -0.390. The highest BCUT2D eigenvalue weighted by molar-refractivity contribution is 5.94. The number of hydrogen-bond donors (Lipinski definition) is 2. The maximum Gasteiger partial charge on any atom is 0.341 e. The number of pyridine rings is 1. The molecule has 0 saturated carbocycles. The zero-order chi connectivity index (χ0) is 16.9. The molecular weight excluding hydrogens is 307 g/mol. The molecule has 0 atom stereocenters. The lowest BCUT2D eigenvalue weighted by Gasteiger charge is -2.31. The highest BCUT2D eigenvalue weighted by Crippen LogP contribution is 2.28. The third-order valence-corrected chi connectivity index (χ3v) is 4.05. The molecule has 0 bridgehead atoms. The van der Waals surface area contributed by atoms with E-state index in [0.717, 1.165) is 6.07 Å². The van der Waals surface area contributed by atoms with E-state index < -0.39 is 35.2 Å². The average Bonchev–Trinajstić information content (AvgIpc) is 2.46. The van der Waals surface area contributed by atoms with Gasteiger partial charge < -0.3 is 15.2 Å². The predicted molar refractivity (Wildman–Crippen MR) is 79.2 cm³/mol. The molecule has 0 amide bonds. The van der Waals surface area contributed by atoms with Crippen molar-refractivity contribution in [1.29, 1.82) is 0 Å². The zero-order valence-corrected chi connectivity index (χ0v) is 12.2. The van der Waals surface area contributed by atoms with E-state index in [1.165, 1.54) is 10.9 Å². The molecule has 0 unspecified atom stereocenters. The first-order valence-corrected chi connectivity index (χ1v) is 6.87. The van der Waals surface area contributed by atoms with Crippen molar-refractivity contribution in [2.24, 2.45) is 0 Å². The molecule has 0 saturated heterocycles. The van der Waals surface area contributed by atoms with Crippen molar-refractivity contribution in [2.45, 2.75) is 12.8 Å². The second-order valence-electron chi connectivity index (χ2n) is 5.44. The molecule has 0 radical (unpaired) electrons. The third kappa shape index (κ3) is 2.23. The number of aromatic carboxylic acids is 1. The van der Waals surface area contributed by atoms with Gasteiger partial charge >= 0.3 is 11.9 Å². The fourth-order valence-corrected chi connectivity index (χ4v) is 2.97.